The molecule has 2 saturated heterocycles. The van der Waals surface area contributed by atoms with Gasteiger partial charge in [0.2, 0.25) is 0 Å². The second kappa shape index (κ2) is 7.40. The molecule has 1 spiro atoms. The summed E-state index contributed by atoms with van der Waals surface area (Å²) in [5.41, 5.74) is 3.29. The fourth-order valence-corrected chi connectivity index (χ4v) is 4.65. The average molecular weight is 296 g/mol. The molecule has 1 saturated carbocycles. The predicted octanol–water partition coefficient (Wildman–Crippen LogP) is 2.91. The van der Waals surface area contributed by atoms with Gasteiger partial charge in [0.05, 0.1) is 11.7 Å². The Bertz CT molecular complexity index is 306. The van der Waals surface area contributed by atoms with E-state index in [1.54, 1.807) is 0 Å². The van der Waals surface area contributed by atoms with Crippen molar-refractivity contribution in [1.82, 2.24) is 5.43 Å². The summed E-state index contributed by atoms with van der Waals surface area (Å²) in [5, 5.41) is 0. The first kappa shape index (κ1) is 15.7. The van der Waals surface area contributed by atoms with Crippen LogP contribution in [0.3, 0.4) is 0 Å². The molecule has 3 aliphatic rings. The minimum absolute atomic E-state index is 0.181. The first-order valence-corrected chi connectivity index (χ1v) is 9.03. The lowest BCUT2D eigenvalue weighted by molar-refractivity contribution is -0.122. The van der Waals surface area contributed by atoms with Gasteiger partial charge in [-0.1, -0.05) is 19.3 Å². The summed E-state index contributed by atoms with van der Waals surface area (Å²) < 4.78 is 12.0. The van der Waals surface area contributed by atoms with Crippen molar-refractivity contribution in [3.8, 4) is 0 Å². The van der Waals surface area contributed by atoms with E-state index in [4.69, 9.17) is 15.3 Å². The Labute approximate surface area is 129 Å². The van der Waals surface area contributed by atoms with Crippen LogP contribution >= 0.6 is 0 Å². The first-order valence-electron chi connectivity index (χ1n) is 9.03. The van der Waals surface area contributed by atoms with Crippen LogP contribution in [0.2, 0.25) is 0 Å². The summed E-state index contributed by atoms with van der Waals surface area (Å²) in [6, 6.07) is 0.428. The lowest BCUT2D eigenvalue weighted by atomic mass is 9.73. The quantitative estimate of drug-likeness (QED) is 0.605. The molecule has 122 valence electrons. The van der Waals surface area contributed by atoms with Crippen LogP contribution in [-0.4, -0.2) is 31.0 Å². The van der Waals surface area contributed by atoms with E-state index in [1.807, 2.05) is 0 Å². The molecule has 0 aromatic carbocycles. The standard InChI is InChI=1S/C17H32N2O2/c18-19-16(7-6-15-5-4-11-20-15)14-8-12-21-17(13-14)9-2-1-3-10-17/h14-16,19H,1-13,18H2. The van der Waals surface area contributed by atoms with Gasteiger partial charge in [0.25, 0.3) is 0 Å². The van der Waals surface area contributed by atoms with Gasteiger partial charge in [-0.25, -0.2) is 0 Å². The van der Waals surface area contributed by atoms with Crippen LogP contribution in [0.15, 0.2) is 0 Å². The van der Waals surface area contributed by atoms with Gasteiger partial charge >= 0.3 is 0 Å². The molecule has 3 atom stereocenters. The molecular weight excluding hydrogens is 264 g/mol. The van der Waals surface area contributed by atoms with Gasteiger partial charge in [0.15, 0.2) is 0 Å². The van der Waals surface area contributed by atoms with Gasteiger partial charge in [0, 0.05) is 19.3 Å². The first-order chi connectivity index (χ1) is 10.3. The number of ether oxygens (including phenoxy) is 2. The van der Waals surface area contributed by atoms with Crippen LogP contribution in [0.25, 0.3) is 0 Å². The zero-order chi connectivity index (χ0) is 14.5. The molecule has 0 bridgehead atoms. The summed E-state index contributed by atoms with van der Waals surface area (Å²) in [4.78, 5) is 0. The summed E-state index contributed by atoms with van der Waals surface area (Å²) in [6.07, 6.45) is 14.2. The maximum atomic E-state index is 6.22. The summed E-state index contributed by atoms with van der Waals surface area (Å²) in [6.45, 7) is 1.87. The van der Waals surface area contributed by atoms with Crippen molar-refractivity contribution in [2.75, 3.05) is 13.2 Å². The smallest absolute Gasteiger partial charge is 0.0685 e. The zero-order valence-electron chi connectivity index (χ0n) is 13.3. The third kappa shape index (κ3) is 3.98. The number of nitrogens with one attached hydrogen (secondary N) is 1. The number of nitrogens with two attached hydrogens (primary N) is 1. The van der Waals surface area contributed by atoms with Gasteiger partial charge in [-0.3, -0.25) is 11.3 Å². The van der Waals surface area contributed by atoms with Crippen molar-refractivity contribution in [3.63, 3.8) is 0 Å². The highest BCUT2D eigenvalue weighted by molar-refractivity contribution is 4.93. The van der Waals surface area contributed by atoms with Crippen LogP contribution in [0.1, 0.15) is 70.6 Å². The molecule has 3 N–H and O–H groups in total. The highest BCUT2D eigenvalue weighted by atomic mass is 16.5. The fraction of sp³-hybridized carbons (Fsp3) is 1.00. The number of hydrazine groups is 1. The Hall–Kier alpha value is -0.160. The lowest BCUT2D eigenvalue weighted by Crippen LogP contribution is -2.49. The molecule has 4 heteroatoms. The largest absolute Gasteiger partial charge is 0.378 e. The second-order valence-corrected chi connectivity index (χ2v) is 7.33. The molecule has 3 fully saturated rings. The minimum atomic E-state index is 0.181. The second-order valence-electron chi connectivity index (χ2n) is 7.33. The fourth-order valence-electron chi connectivity index (χ4n) is 4.65. The topological polar surface area (TPSA) is 56.5 Å². The highest BCUT2D eigenvalue weighted by Gasteiger charge is 2.40. The monoisotopic (exact) mass is 296 g/mol. The molecule has 2 aliphatic heterocycles. The predicted molar refractivity (Wildman–Crippen MR) is 83.8 cm³/mol. The minimum Gasteiger partial charge on any atom is -0.378 e. The third-order valence-electron chi connectivity index (χ3n) is 5.90. The van der Waals surface area contributed by atoms with E-state index >= 15 is 0 Å². The number of hydrogen-bond acceptors (Lipinski definition) is 4. The molecule has 0 aromatic rings. The van der Waals surface area contributed by atoms with Gasteiger partial charge in [-0.05, 0) is 57.3 Å². The molecule has 0 aromatic heterocycles. The van der Waals surface area contributed by atoms with Crippen molar-refractivity contribution >= 4 is 0 Å². The summed E-state index contributed by atoms with van der Waals surface area (Å²) in [7, 11) is 0. The molecule has 3 unspecified atom stereocenters. The summed E-state index contributed by atoms with van der Waals surface area (Å²) in [5.74, 6) is 6.54. The number of rotatable bonds is 5. The normalized spacial score (nSPS) is 34.1. The SMILES string of the molecule is NNC(CCC1CCCO1)C1CCOC2(CCCCC2)C1. The van der Waals surface area contributed by atoms with E-state index in [0.29, 0.717) is 18.1 Å². The maximum Gasteiger partial charge on any atom is 0.0685 e. The van der Waals surface area contributed by atoms with Crippen molar-refractivity contribution < 1.29 is 9.47 Å². The van der Waals surface area contributed by atoms with Gasteiger partial charge in [0.1, 0.15) is 0 Å². The van der Waals surface area contributed by atoms with E-state index in [2.05, 4.69) is 5.43 Å². The number of hydrogen-bond donors (Lipinski definition) is 2. The average Bonchev–Trinajstić information content (AvgIpc) is 3.02. The summed E-state index contributed by atoms with van der Waals surface area (Å²) >= 11 is 0. The van der Waals surface area contributed by atoms with Gasteiger partial charge in [-0.15, -0.1) is 0 Å². The van der Waals surface area contributed by atoms with E-state index in [1.165, 1.54) is 51.4 Å². The van der Waals surface area contributed by atoms with E-state index in [-0.39, 0.29) is 5.60 Å². The van der Waals surface area contributed by atoms with Crippen LogP contribution < -0.4 is 11.3 Å². The van der Waals surface area contributed by atoms with Crippen LogP contribution in [0.4, 0.5) is 0 Å². The Balaban J connectivity index is 1.52. The van der Waals surface area contributed by atoms with Crippen LogP contribution in [0, 0.1) is 5.92 Å². The Morgan fingerprint density at radius 1 is 1.10 bits per heavy atom. The molecule has 0 radical (unpaired) electrons. The Morgan fingerprint density at radius 2 is 1.95 bits per heavy atom. The Kier molecular flexibility index (Phi) is 5.54. The van der Waals surface area contributed by atoms with Crippen molar-refractivity contribution in [1.29, 1.82) is 0 Å². The van der Waals surface area contributed by atoms with Crippen molar-refractivity contribution in [3.05, 3.63) is 0 Å². The van der Waals surface area contributed by atoms with Gasteiger partial charge < -0.3 is 9.47 Å². The molecule has 4 nitrogen and oxygen atoms in total. The highest BCUT2D eigenvalue weighted by Crippen LogP contribution is 2.42. The van der Waals surface area contributed by atoms with Crippen molar-refractivity contribution in [2.24, 2.45) is 11.8 Å². The maximum absolute atomic E-state index is 6.22. The van der Waals surface area contributed by atoms with Crippen LogP contribution in [0.5, 0.6) is 0 Å². The van der Waals surface area contributed by atoms with Crippen molar-refractivity contribution in [2.45, 2.75) is 88.4 Å². The Morgan fingerprint density at radius 3 is 2.67 bits per heavy atom. The molecule has 21 heavy (non-hydrogen) atoms. The molecule has 1 aliphatic carbocycles. The third-order valence-corrected chi connectivity index (χ3v) is 5.90. The zero-order valence-corrected chi connectivity index (χ0v) is 13.3. The molecular formula is C17H32N2O2. The van der Waals surface area contributed by atoms with E-state index < -0.39 is 0 Å². The molecule has 0 amide bonds. The lowest BCUT2D eigenvalue weighted by Gasteiger charge is -2.45. The van der Waals surface area contributed by atoms with Crippen LogP contribution in [-0.2, 0) is 9.47 Å². The van der Waals surface area contributed by atoms with E-state index in [0.717, 1.165) is 32.5 Å². The molecule has 2 heterocycles. The molecule has 3 rings (SSSR count). The van der Waals surface area contributed by atoms with Gasteiger partial charge in [-0.2, -0.15) is 0 Å². The van der Waals surface area contributed by atoms with E-state index in [9.17, 15) is 0 Å².